The summed E-state index contributed by atoms with van der Waals surface area (Å²) in [5.41, 5.74) is 9.00. The zero-order chi connectivity index (χ0) is 13.5. The van der Waals surface area contributed by atoms with Crippen molar-refractivity contribution in [3.63, 3.8) is 0 Å². The van der Waals surface area contributed by atoms with E-state index >= 15 is 0 Å². The summed E-state index contributed by atoms with van der Waals surface area (Å²) in [6, 6.07) is 7.66. The number of nitrogens with zero attached hydrogens (tertiary/aromatic N) is 1. The second-order valence-electron chi connectivity index (χ2n) is 5.55. The molecule has 1 heterocycles. The molecule has 2 aromatic rings. The first-order valence-electron chi connectivity index (χ1n) is 6.62. The molecule has 3 rings (SSSR count). The van der Waals surface area contributed by atoms with Gasteiger partial charge in [-0.15, -0.1) is 0 Å². The van der Waals surface area contributed by atoms with E-state index in [1.54, 1.807) is 0 Å². The first-order valence-corrected chi connectivity index (χ1v) is 6.99. The molecule has 1 fully saturated rings. The molecule has 3 nitrogen and oxygen atoms in total. The van der Waals surface area contributed by atoms with Crippen molar-refractivity contribution >= 4 is 17.5 Å². The van der Waals surface area contributed by atoms with Crippen molar-refractivity contribution in [3.05, 3.63) is 35.0 Å². The molecular formula is C15H17ClN2O. The van der Waals surface area contributed by atoms with Crippen molar-refractivity contribution in [2.24, 2.45) is 0 Å². The Bertz CT molecular complexity index is 583. The summed E-state index contributed by atoms with van der Waals surface area (Å²) in [6.45, 7) is 2.25. The number of rotatable bonds is 2. The van der Waals surface area contributed by atoms with Gasteiger partial charge in [-0.3, -0.25) is 0 Å². The average molecular weight is 277 g/mol. The molecule has 0 bridgehead atoms. The van der Waals surface area contributed by atoms with Crippen LogP contribution in [0, 0.1) is 0 Å². The van der Waals surface area contributed by atoms with Crippen LogP contribution in [0.3, 0.4) is 0 Å². The Labute approximate surface area is 117 Å². The minimum atomic E-state index is 0.0795. The van der Waals surface area contributed by atoms with Crippen molar-refractivity contribution in [1.82, 2.24) is 5.16 Å². The molecule has 0 atom stereocenters. The summed E-state index contributed by atoms with van der Waals surface area (Å²) < 4.78 is 5.25. The van der Waals surface area contributed by atoms with Gasteiger partial charge >= 0.3 is 0 Å². The largest absolute Gasteiger partial charge is 0.367 e. The molecule has 0 amide bonds. The van der Waals surface area contributed by atoms with Crippen LogP contribution in [0.15, 0.2) is 28.8 Å². The predicted molar refractivity (Wildman–Crippen MR) is 77.2 cm³/mol. The van der Waals surface area contributed by atoms with E-state index in [1.807, 2.05) is 24.3 Å². The molecule has 0 aliphatic heterocycles. The van der Waals surface area contributed by atoms with Crippen LogP contribution < -0.4 is 5.73 Å². The summed E-state index contributed by atoms with van der Waals surface area (Å²) in [4.78, 5) is 0. The quantitative estimate of drug-likeness (QED) is 0.884. The van der Waals surface area contributed by atoms with Gasteiger partial charge in [0.05, 0.1) is 11.3 Å². The molecular weight excluding hydrogens is 260 g/mol. The molecule has 4 heteroatoms. The molecule has 100 valence electrons. The summed E-state index contributed by atoms with van der Waals surface area (Å²) in [5.74, 6) is 0.394. The Morgan fingerprint density at radius 3 is 2.47 bits per heavy atom. The van der Waals surface area contributed by atoms with Crippen LogP contribution >= 0.6 is 11.6 Å². The van der Waals surface area contributed by atoms with Crippen LogP contribution in [0.4, 0.5) is 5.88 Å². The second kappa shape index (κ2) is 4.57. The Morgan fingerprint density at radius 1 is 1.21 bits per heavy atom. The Kier molecular flexibility index (Phi) is 3.02. The van der Waals surface area contributed by atoms with Crippen LogP contribution in [-0.4, -0.2) is 5.16 Å². The van der Waals surface area contributed by atoms with Gasteiger partial charge in [0.25, 0.3) is 0 Å². The third-order valence-corrected chi connectivity index (χ3v) is 4.38. The maximum Gasteiger partial charge on any atom is 0.230 e. The smallest absolute Gasteiger partial charge is 0.230 e. The topological polar surface area (TPSA) is 52.0 Å². The number of hydrogen-bond donors (Lipinski definition) is 1. The van der Waals surface area contributed by atoms with E-state index in [4.69, 9.17) is 21.9 Å². The van der Waals surface area contributed by atoms with Crippen LogP contribution in [0.2, 0.25) is 5.02 Å². The van der Waals surface area contributed by atoms with E-state index in [2.05, 4.69) is 12.1 Å². The third kappa shape index (κ3) is 2.12. The normalized spacial score (nSPS) is 17.8. The summed E-state index contributed by atoms with van der Waals surface area (Å²) in [6.07, 6.45) is 4.76. The van der Waals surface area contributed by atoms with Crippen LogP contribution in [0.1, 0.15) is 38.3 Å². The highest BCUT2D eigenvalue weighted by molar-refractivity contribution is 6.30. The van der Waals surface area contributed by atoms with Gasteiger partial charge in [-0.25, -0.2) is 0 Å². The maximum absolute atomic E-state index is 5.98. The Hall–Kier alpha value is -1.48. The maximum atomic E-state index is 5.98. The van der Waals surface area contributed by atoms with Gasteiger partial charge in [0, 0.05) is 10.4 Å². The lowest BCUT2D eigenvalue weighted by Gasteiger charge is -2.21. The SMILES string of the molecule is CC1(c2noc(N)c2-c2ccc(Cl)cc2)CCCC1. The molecule has 2 N–H and O–H groups in total. The molecule has 0 spiro atoms. The van der Waals surface area contributed by atoms with E-state index in [1.165, 1.54) is 12.8 Å². The van der Waals surface area contributed by atoms with Gasteiger partial charge in [-0.05, 0) is 30.5 Å². The fraction of sp³-hybridized carbons (Fsp3) is 0.400. The molecule has 0 unspecified atom stereocenters. The minimum absolute atomic E-state index is 0.0795. The van der Waals surface area contributed by atoms with Gasteiger partial charge in [0.1, 0.15) is 0 Å². The number of anilines is 1. The first-order chi connectivity index (χ1) is 9.10. The molecule has 1 saturated carbocycles. The summed E-state index contributed by atoms with van der Waals surface area (Å²) in [5, 5.41) is 4.95. The summed E-state index contributed by atoms with van der Waals surface area (Å²) >= 11 is 5.94. The molecule has 1 aromatic heterocycles. The number of halogens is 1. The van der Waals surface area contributed by atoms with E-state index in [-0.39, 0.29) is 5.41 Å². The standard InChI is InChI=1S/C15H17ClN2O/c1-15(8-2-3-9-15)13-12(14(17)19-18-13)10-4-6-11(16)7-5-10/h4-7H,2-3,8-9,17H2,1H3. The molecule has 1 aliphatic carbocycles. The third-order valence-electron chi connectivity index (χ3n) is 4.13. The average Bonchev–Trinajstić information content (AvgIpc) is 2.98. The lowest BCUT2D eigenvalue weighted by Crippen LogP contribution is -2.18. The minimum Gasteiger partial charge on any atom is -0.367 e. The van der Waals surface area contributed by atoms with Gasteiger partial charge in [-0.1, -0.05) is 48.7 Å². The first kappa shape index (κ1) is 12.5. The Balaban J connectivity index is 2.11. The lowest BCUT2D eigenvalue weighted by atomic mass is 9.81. The van der Waals surface area contributed by atoms with Crippen LogP contribution in [-0.2, 0) is 5.41 Å². The van der Waals surface area contributed by atoms with E-state index < -0.39 is 0 Å². The second-order valence-corrected chi connectivity index (χ2v) is 5.98. The van der Waals surface area contributed by atoms with Crippen molar-refractivity contribution in [3.8, 4) is 11.1 Å². The van der Waals surface area contributed by atoms with E-state index in [9.17, 15) is 0 Å². The fourth-order valence-corrected chi connectivity index (χ4v) is 3.13. The highest BCUT2D eigenvalue weighted by Crippen LogP contribution is 2.45. The zero-order valence-corrected chi connectivity index (χ0v) is 11.7. The van der Waals surface area contributed by atoms with Gasteiger partial charge in [0.15, 0.2) is 0 Å². The van der Waals surface area contributed by atoms with Gasteiger partial charge in [0.2, 0.25) is 5.88 Å². The highest BCUT2D eigenvalue weighted by Gasteiger charge is 2.36. The van der Waals surface area contributed by atoms with Crippen molar-refractivity contribution < 1.29 is 4.52 Å². The van der Waals surface area contributed by atoms with Gasteiger partial charge in [-0.2, -0.15) is 0 Å². The van der Waals surface area contributed by atoms with E-state index in [0.717, 1.165) is 29.7 Å². The van der Waals surface area contributed by atoms with Gasteiger partial charge < -0.3 is 10.3 Å². The van der Waals surface area contributed by atoms with Crippen molar-refractivity contribution in [2.45, 2.75) is 38.0 Å². The number of hydrogen-bond acceptors (Lipinski definition) is 3. The molecule has 0 radical (unpaired) electrons. The highest BCUT2D eigenvalue weighted by atomic mass is 35.5. The van der Waals surface area contributed by atoms with Crippen molar-refractivity contribution in [1.29, 1.82) is 0 Å². The number of nitrogens with two attached hydrogens (primary N) is 1. The van der Waals surface area contributed by atoms with Crippen LogP contribution in [0.25, 0.3) is 11.1 Å². The van der Waals surface area contributed by atoms with Crippen LogP contribution in [0.5, 0.6) is 0 Å². The number of aromatic nitrogens is 1. The number of nitrogen functional groups attached to an aromatic ring is 1. The fourth-order valence-electron chi connectivity index (χ4n) is 3.00. The zero-order valence-electron chi connectivity index (χ0n) is 10.9. The monoisotopic (exact) mass is 276 g/mol. The molecule has 0 saturated heterocycles. The molecule has 1 aromatic carbocycles. The predicted octanol–water partition coefficient (Wildman–Crippen LogP) is 4.41. The molecule has 1 aliphatic rings. The Morgan fingerprint density at radius 2 is 1.84 bits per heavy atom. The molecule has 19 heavy (non-hydrogen) atoms. The van der Waals surface area contributed by atoms with Crippen molar-refractivity contribution in [2.75, 3.05) is 5.73 Å². The lowest BCUT2D eigenvalue weighted by molar-refractivity contribution is 0.386. The van der Waals surface area contributed by atoms with E-state index in [0.29, 0.717) is 10.9 Å². The summed E-state index contributed by atoms with van der Waals surface area (Å²) in [7, 11) is 0. The number of benzene rings is 1.